The normalized spacial score (nSPS) is 13.7. The maximum absolute atomic E-state index is 10.0. The smallest absolute Gasteiger partial charge is 0.115 e. The first kappa shape index (κ1) is 16.5. The molecule has 0 aliphatic heterocycles. The highest BCUT2D eigenvalue weighted by atomic mass is 16.3. The van der Waals surface area contributed by atoms with Crippen LogP contribution in [-0.2, 0) is 0 Å². The molecule has 2 atom stereocenters. The lowest BCUT2D eigenvalue weighted by Gasteiger charge is -2.11. The third-order valence-corrected chi connectivity index (χ3v) is 3.12. The zero-order chi connectivity index (χ0) is 15.1. The van der Waals surface area contributed by atoms with Crippen molar-refractivity contribution in [3.8, 4) is 5.75 Å². The molecular formula is C17H24O3. The van der Waals surface area contributed by atoms with Crippen molar-refractivity contribution < 1.29 is 15.3 Å². The van der Waals surface area contributed by atoms with Crippen LogP contribution in [0.3, 0.4) is 0 Å². The van der Waals surface area contributed by atoms with E-state index in [4.69, 9.17) is 0 Å². The molecule has 0 amide bonds. The van der Waals surface area contributed by atoms with Crippen LogP contribution in [0.15, 0.2) is 41.6 Å². The van der Waals surface area contributed by atoms with Crippen LogP contribution in [0.5, 0.6) is 5.75 Å². The van der Waals surface area contributed by atoms with Crippen molar-refractivity contribution in [3.63, 3.8) is 0 Å². The summed E-state index contributed by atoms with van der Waals surface area (Å²) in [4.78, 5) is 0. The van der Waals surface area contributed by atoms with E-state index in [0.29, 0.717) is 18.8 Å². The zero-order valence-corrected chi connectivity index (χ0v) is 12.4. The van der Waals surface area contributed by atoms with E-state index in [-0.39, 0.29) is 11.9 Å². The molecule has 0 aliphatic carbocycles. The topological polar surface area (TPSA) is 60.7 Å². The number of rotatable bonds is 6. The summed E-state index contributed by atoms with van der Waals surface area (Å²) in [6.45, 7) is 5.89. The summed E-state index contributed by atoms with van der Waals surface area (Å²) in [5.74, 6) is 0.516. The lowest BCUT2D eigenvalue weighted by atomic mass is 9.98. The molecule has 0 spiro atoms. The van der Waals surface area contributed by atoms with Crippen LogP contribution in [0.2, 0.25) is 0 Å². The Kier molecular flexibility index (Phi) is 6.53. The van der Waals surface area contributed by atoms with E-state index < -0.39 is 6.10 Å². The van der Waals surface area contributed by atoms with Gasteiger partial charge in [0.25, 0.3) is 0 Å². The van der Waals surface area contributed by atoms with Gasteiger partial charge in [-0.2, -0.15) is 0 Å². The van der Waals surface area contributed by atoms with Crippen molar-refractivity contribution in [2.75, 3.05) is 0 Å². The van der Waals surface area contributed by atoms with E-state index in [0.717, 1.165) is 11.1 Å². The molecule has 0 fully saturated rings. The quantitative estimate of drug-likeness (QED) is 0.698. The van der Waals surface area contributed by atoms with Crippen LogP contribution in [0.4, 0.5) is 0 Å². The van der Waals surface area contributed by atoms with Crippen molar-refractivity contribution in [1.29, 1.82) is 0 Å². The average Bonchev–Trinajstić information content (AvgIpc) is 2.37. The first-order valence-corrected chi connectivity index (χ1v) is 6.99. The number of phenolic OH excluding ortho intramolecular Hbond substituents is 1. The molecule has 1 aromatic rings. The molecule has 20 heavy (non-hydrogen) atoms. The Hall–Kier alpha value is -1.54. The summed E-state index contributed by atoms with van der Waals surface area (Å²) in [6, 6.07) is 6.53. The van der Waals surface area contributed by atoms with E-state index in [1.807, 2.05) is 6.08 Å². The van der Waals surface area contributed by atoms with Crippen LogP contribution in [0.25, 0.3) is 0 Å². The molecule has 0 bridgehead atoms. The molecule has 1 rings (SSSR count). The monoisotopic (exact) mass is 276 g/mol. The van der Waals surface area contributed by atoms with Crippen molar-refractivity contribution in [3.05, 3.63) is 47.2 Å². The van der Waals surface area contributed by atoms with Crippen LogP contribution in [-0.4, -0.2) is 21.4 Å². The molecule has 3 N–H and O–H groups in total. The van der Waals surface area contributed by atoms with Gasteiger partial charge in [-0.1, -0.05) is 26.0 Å². The second-order valence-electron chi connectivity index (χ2n) is 5.42. The van der Waals surface area contributed by atoms with Gasteiger partial charge in [-0.05, 0) is 42.2 Å². The van der Waals surface area contributed by atoms with E-state index >= 15 is 0 Å². The molecule has 0 unspecified atom stereocenters. The maximum atomic E-state index is 10.0. The molecule has 0 saturated heterocycles. The Morgan fingerprint density at radius 1 is 1.15 bits per heavy atom. The summed E-state index contributed by atoms with van der Waals surface area (Å²) in [6.07, 6.45) is 1.89. The molecule has 3 nitrogen and oxygen atoms in total. The van der Waals surface area contributed by atoms with Crippen LogP contribution >= 0.6 is 0 Å². The average molecular weight is 276 g/mol. The van der Waals surface area contributed by atoms with E-state index in [9.17, 15) is 15.3 Å². The largest absolute Gasteiger partial charge is 0.508 e. The van der Waals surface area contributed by atoms with Crippen LogP contribution in [0.1, 0.15) is 45.3 Å². The van der Waals surface area contributed by atoms with Gasteiger partial charge in [0.15, 0.2) is 0 Å². The Bertz CT molecular complexity index is 466. The zero-order valence-electron chi connectivity index (χ0n) is 12.4. The van der Waals surface area contributed by atoms with Gasteiger partial charge in [-0.3, -0.25) is 0 Å². The molecule has 0 saturated carbocycles. The minimum Gasteiger partial charge on any atom is -0.508 e. The van der Waals surface area contributed by atoms with Gasteiger partial charge in [-0.25, -0.2) is 0 Å². The fourth-order valence-corrected chi connectivity index (χ4v) is 1.91. The van der Waals surface area contributed by atoms with Gasteiger partial charge in [0.2, 0.25) is 0 Å². The fourth-order valence-electron chi connectivity index (χ4n) is 1.91. The number of aliphatic hydroxyl groups is 2. The van der Waals surface area contributed by atoms with Crippen molar-refractivity contribution >= 4 is 0 Å². The van der Waals surface area contributed by atoms with E-state index in [2.05, 4.69) is 19.6 Å². The number of aromatic hydroxyl groups is 1. The first-order valence-electron chi connectivity index (χ1n) is 6.99. The summed E-state index contributed by atoms with van der Waals surface area (Å²) in [5, 5.41) is 28.7. The minimum atomic E-state index is -0.608. The molecule has 1 aromatic carbocycles. The summed E-state index contributed by atoms with van der Waals surface area (Å²) in [7, 11) is 0. The van der Waals surface area contributed by atoms with Crippen molar-refractivity contribution in [2.24, 2.45) is 5.92 Å². The van der Waals surface area contributed by atoms with Gasteiger partial charge in [-0.15, -0.1) is 5.73 Å². The molecule has 0 heterocycles. The van der Waals surface area contributed by atoms with Gasteiger partial charge >= 0.3 is 0 Å². The Labute approximate surface area is 120 Å². The summed E-state index contributed by atoms with van der Waals surface area (Å²) < 4.78 is 0. The highest BCUT2D eigenvalue weighted by Crippen LogP contribution is 2.20. The van der Waals surface area contributed by atoms with E-state index in [1.165, 1.54) is 0 Å². The molecule has 3 heteroatoms. The maximum Gasteiger partial charge on any atom is 0.115 e. The number of hydrogen-bond donors (Lipinski definition) is 3. The molecule has 110 valence electrons. The van der Waals surface area contributed by atoms with Gasteiger partial charge < -0.3 is 15.3 Å². The summed E-state index contributed by atoms with van der Waals surface area (Å²) in [5.41, 5.74) is 5.00. The first-order chi connectivity index (χ1) is 9.40. The predicted octanol–water partition coefficient (Wildman–Crippen LogP) is 3.32. The standard InChI is InChI=1S/C17H24O3/c1-12(2)15(11-13(3)18)5-4-6-17(20)14-7-9-16(19)10-8-14/h4,7-10,12-13,17-20H,6,11H2,1-3H3/t5?,13-,17+/m0/s1. The third-order valence-electron chi connectivity index (χ3n) is 3.12. The molecule has 0 aromatic heterocycles. The lowest BCUT2D eigenvalue weighted by Crippen LogP contribution is -2.04. The van der Waals surface area contributed by atoms with Crippen LogP contribution < -0.4 is 0 Å². The third kappa shape index (κ3) is 5.62. The lowest BCUT2D eigenvalue weighted by molar-refractivity contribution is 0.181. The fraction of sp³-hybridized carbons (Fsp3) is 0.471. The number of hydrogen-bond acceptors (Lipinski definition) is 3. The van der Waals surface area contributed by atoms with Crippen molar-refractivity contribution in [1.82, 2.24) is 0 Å². The Morgan fingerprint density at radius 2 is 1.75 bits per heavy atom. The number of aliphatic hydroxyl groups excluding tert-OH is 2. The second kappa shape index (κ2) is 7.91. The minimum absolute atomic E-state index is 0.190. The van der Waals surface area contributed by atoms with E-state index in [1.54, 1.807) is 31.2 Å². The highest BCUT2D eigenvalue weighted by molar-refractivity contribution is 5.27. The Morgan fingerprint density at radius 3 is 2.25 bits per heavy atom. The molecule has 0 aliphatic rings. The molecular weight excluding hydrogens is 252 g/mol. The predicted molar refractivity (Wildman–Crippen MR) is 80.4 cm³/mol. The van der Waals surface area contributed by atoms with Crippen molar-refractivity contribution in [2.45, 2.75) is 45.8 Å². The SMILES string of the molecule is CC(C)C(=C=CC[C@@H](O)c1ccc(O)cc1)C[C@H](C)O. The summed E-state index contributed by atoms with van der Waals surface area (Å²) >= 11 is 0. The number of phenols is 1. The Balaban J connectivity index is 2.71. The second-order valence-corrected chi connectivity index (χ2v) is 5.42. The van der Waals surface area contributed by atoms with Gasteiger partial charge in [0, 0.05) is 12.8 Å². The van der Waals surface area contributed by atoms with Gasteiger partial charge in [0.05, 0.1) is 12.2 Å². The van der Waals surface area contributed by atoms with Gasteiger partial charge in [0.1, 0.15) is 5.75 Å². The van der Waals surface area contributed by atoms with Crippen LogP contribution in [0, 0.1) is 5.92 Å². The highest BCUT2D eigenvalue weighted by Gasteiger charge is 2.07. The number of benzene rings is 1. The molecule has 0 radical (unpaired) electrons.